The first-order valence-electron chi connectivity index (χ1n) is 7.15. The van der Waals surface area contributed by atoms with Crippen LogP contribution in [0.4, 0.5) is 11.5 Å². The quantitative estimate of drug-likeness (QED) is 0.868. The molecular weight excluding hydrogens is 328 g/mol. The summed E-state index contributed by atoms with van der Waals surface area (Å²) in [7, 11) is 0. The van der Waals surface area contributed by atoms with E-state index in [-0.39, 0.29) is 0 Å². The third-order valence-electron chi connectivity index (χ3n) is 3.85. The fourth-order valence-corrected chi connectivity index (χ4v) is 3.03. The average Bonchev–Trinajstić information content (AvgIpc) is 2.53. The second kappa shape index (κ2) is 6.45. The molecule has 5 heteroatoms. The molecule has 0 bridgehead atoms. The summed E-state index contributed by atoms with van der Waals surface area (Å²) in [5.41, 5.74) is 8.00. The monoisotopic (exact) mass is 346 g/mol. The second-order valence-corrected chi connectivity index (χ2v) is 6.06. The lowest BCUT2D eigenvalue weighted by Crippen LogP contribution is -2.46. The van der Waals surface area contributed by atoms with Gasteiger partial charge < -0.3 is 10.6 Å². The van der Waals surface area contributed by atoms with Crippen molar-refractivity contribution in [2.45, 2.75) is 6.54 Å². The Morgan fingerprint density at radius 3 is 2.57 bits per heavy atom. The number of nitrogen functional groups attached to an aromatic ring is 1. The Hall–Kier alpha value is -1.59. The van der Waals surface area contributed by atoms with Gasteiger partial charge >= 0.3 is 0 Å². The molecule has 0 radical (unpaired) electrons. The van der Waals surface area contributed by atoms with Crippen LogP contribution in [0, 0.1) is 0 Å². The number of nitrogens with two attached hydrogens (primary N) is 1. The Morgan fingerprint density at radius 2 is 1.86 bits per heavy atom. The molecule has 3 rings (SSSR count). The fourth-order valence-electron chi connectivity index (χ4n) is 2.64. The summed E-state index contributed by atoms with van der Waals surface area (Å²) in [5.74, 6) is 1.07. The number of pyridine rings is 1. The zero-order chi connectivity index (χ0) is 14.7. The van der Waals surface area contributed by atoms with E-state index < -0.39 is 0 Å². The third kappa shape index (κ3) is 3.36. The molecule has 1 aliphatic heterocycles. The largest absolute Gasteiger partial charge is 0.398 e. The van der Waals surface area contributed by atoms with Gasteiger partial charge in [-0.05, 0) is 39.7 Å². The van der Waals surface area contributed by atoms with Crippen molar-refractivity contribution in [1.82, 2.24) is 9.88 Å². The van der Waals surface area contributed by atoms with E-state index in [1.165, 1.54) is 5.56 Å². The number of nitrogens with zero attached hydrogens (tertiary/aromatic N) is 3. The number of aromatic nitrogens is 1. The first kappa shape index (κ1) is 14.4. The predicted molar refractivity (Wildman–Crippen MR) is 90.3 cm³/mol. The molecule has 2 aromatic rings. The molecule has 0 atom stereocenters. The average molecular weight is 347 g/mol. The highest BCUT2D eigenvalue weighted by atomic mass is 79.9. The van der Waals surface area contributed by atoms with Crippen LogP contribution >= 0.6 is 15.9 Å². The summed E-state index contributed by atoms with van der Waals surface area (Å²) in [6.07, 6.45) is 1.85. The van der Waals surface area contributed by atoms with E-state index in [9.17, 15) is 0 Å². The van der Waals surface area contributed by atoms with Crippen molar-refractivity contribution >= 4 is 27.4 Å². The van der Waals surface area contributed by atoms with Gasteiger partial charge in [-0.2, -0.15) is 0 Å². The molecule has 0 spiro atoms. The van der Waals surface area contributed by atoms with Crippen molar-refractivity contribution in [3.05, 3.63) is 52.6 Å². The molecule has 1 saturated heterocycles. The summed E-state index contributed by atoms with van der Waals surface area (Å²) in [6, 6.07) is 12.1. The predicted octanol–water partition coefficient (Wildman–Crippen LogP) is 2.75. The van der Waals surface area contributed by atoms with Gasteiger partial charge in [0.15, 0.2) is 0 Å². The molecule has 1 aromatic heterocycles. The number of halogens is 1. The molecule has 0 unspecified atom stereocenters. The van der Waals surface area contributed by atoms with Crippen molar-refractivity contribution in [2.24, 2.45) is 0 Å². The Balaban J connectivity index is 1.60. The van der Waals surface area contributed by atoms with Gasteiger partial charge in [0.1, 0.15) is 5.82 Å². The number of anilines is 2. The van der Waals surface area contributed by atoms with Gasteiger partial charge in [0, 0.05) is 49.1 Å². The number of benzene rings is 1. The highest BCUT2D eigenvalue weighted by Gasteiger charge is 2.18. The van der Waals surface area contributed by atoms with E-state index in [4.69, 9.17) is 5.73 Å². The molecule has 2 heterocycles. The summed E-state index contributed by atoms with van der Waals surface area (Å²) in [6.45, 7) is 5.03. The van der Waals surface area contributed by atoms with Crippen LogP contribution in [0.1, 0.15) is 5.56 Å². The maximum atomic E-state index is 5.94. The van der Waals surface area contributed by atoms with Crippen molar-refractivity contribution in [3.63, 3.8) is 0 Å². The molecular formula is C16H19BrN4. The van der Waals surface area contributed by atoms with Crippen molar-refractivity contribution in [1.29, 1.82) is 0 Å². The Kier molecular flexibility index (Phi) is 4.41. The van der Waals surface area contributed by atoms with Gasteiger partial charge in [0.25, 0.3) is 0 Å². The molecule has 4 nitrogen and oxygen atoms in total. The van der Waals surface area contributed by atoms with Crippen LogP contribution in [0.15, 0.2) is 47.1 Å². The van der Waals surface area contributed by atoms with Crippen LogP contribution in [-0.2, 0) is 6.54 Å². The van der Waals surface area contributed by atoms with Crippen LogP contribution < -0.4 is 10.6 Å². The van der Waals surface area contributed by atoms with Crippen LogP contribution in [0.5, 0.6) is 0 Å². The standard InChI is InChI=1S/C16H19BrN4/c17-16-13(4-3-5-14(16)18)12-20-8-10-21(11-9-20)15-6-1-2-7-19-15/h1-7H,8-12,18H2. The maximum absolute atomic E-state index is 5.94. The summed E-state index contributed by atoms with van der Waals surface area (Å²) in [4.78, 5) is 9.22. The van der Waals surface area contributed by atoms with Crippen LogP contribution in [0.25, 0.3) is 0 Å². The van der Waals surface area contributed by atoms with E-state index in [0.29, 0.717) is 0 Å². The van der Waals surface area contributed by atoms with Gasteiger partial charge in [-0.1, -0.05) is 18.2 Å². The molecule has 1 aromatic carbocycles. The van der Waals surface area contributed by atoms with Crippen molar-refractivity contribution in [2.75, 3.05) is 36.8 Å². The number of piperazine rings is 1. The molecule has 110 valence electrons. The number of hydrogen-bond acceptors (Lipinski definition) is 4. The molecule has 0 amide bonds. The number of hydrogen-bond donors (Lipinski definition) is 1. The highest BCUT2D eigenvalue weighted by Crippen LogP contribution is 2.25. The maximum Gasteiger partial charge on any atom is 0.128 e. The first-order chi connectivity index (χ1) is 10.2. The minimum absolute atomic E-state index is 0.805. The fraction of sp³-hybridized carbons (Fsp3) is 0.312. The van der Waals surface area contributed by atoms with Crippen LogP contribution in [0.3, 0.4) is 0 Å². The Labute approximate surface area is 133 Å². The van der Waals surface area contributed by atoms with Gasteiger partial charge in [0.05, 0.1) is 0 Å². The molecule has 2 N–H and O–H groups in total. The minimum atomic E-state index is 0.805. The smallest absolute Gasteiger partial charge is 0.128 e. The lowest BCUT2D eigenvalue weighted by molar-refractivity contribution is 0.249. The molecule has 21 heavy (non-hydrogen) atoms. The van der Waals surface area contributed by atoms with Crippen molar-refractivity contribution in [3.8, 4) is 0 Å². The van der Waals surface area contributed by atoms with Gasteiger partial charge in [0.2, 0.25) is 0 Å². The summed E-state index contributed by atoms with van der Waals surface area (Å²) in [5, 5.41) is 0. The Bertz CT molecular complexity index is 594. The minimum Gasteiger partial charge on any atom is -0.398 e. The van der Waals surface area contributed by atoms with Crippen molar-refractivity contribution < 1.29 is 0 Å². The van der Waals surface area contributed by atoms with Crippen LogP contribution in [0.2, 0.25) is 0 Å². The normalized spacial score (nSPS) is 16.1. The lowest BCUT2D eigenvalue weighted by Gasteiger charge is -2.35. The SMILES string of the molecule is Nc1cccc(CN2CCN(c3ccccn3)CC2)c1Br. The van der Waals surface area contributed by atoms with E-state index in [1.807, 2.05) is 30.5 Å². The topological polar surface area (TPSA) is 45.4 Å². The summed E-state index contributed by atoms with van der Waals surface area (Å²) < 4.78 is 1.03. The molecule has 1 fully saturated rings. The van der Waals surface area contributed by atoms with E-state index in [0.717, 1.165) is 48.7 Å². The zero-order valence-electron chi connectivity index (χ0n) is 11.9. The summed E-state index contributed by atoms with van der Waals surface area (Å²) >= 11 is 3.58. The Morgan fingerprint density at radius 1 is 1.05 bits per heavy atom. The molecule has 0 aliphatic carbocycles. The molecule has 1 aliphatic rings. The van der Waals surface area contributed by atoms with Gasteiger partial charge in [-0.3, -0.25) is 4.90 Å². The van der Waals surface area contributed by atoms with E-state index >= 15 is 0 Å². The third-order valence-corrected chi connectivity index (χ3v) is 4.82. The van der Waals surface area contributed by atoms with Crippen LogP contribution in [-0.4, -0.2) is 36.1 Å². The highest BCUT2D eigenvalue weighted by molar-refractivity contribution is 9.10. The zero-order valence-corrected chi connectivity index (χ0v) is 13.5. The molecule has 0 saturated carbocycles. The number of rotatable bonds is 3. The van der Waals surface area contributed by atoms with E-state index in [2.05, 4.69) is 42.8 Å². The lowest BCUT2D eigenvalue weighted by atomic mass is 10.1. The van der Waals surface area contributed by atoms with E-state index in [1.54, 1.807) is 0 Å². The van der Waals surface area contributed by atoms with Gasteiger partial charge in [-0.25, -0.2) is 4.98 Å². The second-order valence-electron chi connectivity index (χ2n) is 5.27. The van der Waals surface area contributed by atoms with Gasteiger partial charge in [-0.15, -0.1) is 0 Å². The first-order valence-corrected chi connectivity index (χ1v) is 7.94.